The predicted molar refractivity (Wildman–Crippen MR) is 102 cm³/mol. The van der Waals surface area contributed by atoms with Gasteiger partial charge in [0, 0.05) is 18.7 Å². The van der Waals surface area contributed by atoms with Gasteiger partial charge in [0.15, 0.2) is 0 Å². The Bertz CT molecular complexity index is 750. The Morgan fingerprint density at radius 2 is 1.77 bits per heavy atom. The Balaban J connectivity index is 1.58. The monoisotopic (exact) mass is 351 g/mol. The van der Waals surface area contributed by atoms with E-state index >= 15 is 0 Å². The van der Waals surface area contributed by atoms with Crippen molar-refractivity contribution < 1.29 is 15.0 Å². The number of phenols is 1. The molecule has 0 amide bonds. The molecule has 1 aliphatic heterocycles. The van der Waals surface area contributed by atoms with Crippen molar-refractivity contribution in [3.63, 3.8) is 0 Å². The van der Waals surface area contributed by atoms with Crippen LogP contribution < -0.4 is 0 Å². The molecular formula is C22H25NO3. The van der Waals surface area contributed by atoms with E-state index in [1.807, 2.05) is 12.1 Å². The molecule has 1 saturated heterocycles. The number of carbonyl (C=O) groups is 1. The second-order valence-electron chi connectivity index (χ2n) is 6.80. The van der Waals surface area contributed by atoms with E-state index in [-0.39, 0.29) is 0 Å². The van der Waals surface area contributed by atoms with E-state index < -0.39 is 5.97 Å². The quantitative estimate of drug-likeness (QED) is 0.742. The summed E-state index contributed by atoms with van der Waals surface area (Å²) in [7, 11) is 0. The molecule has 1 aliphatic rings. The molecule has 0 aromatic heterocycles. The summed E-state index contributed by atoms with van der Waals surface area (Å²) in [5.74, 6) is -0.595. The van der Waals surface area contributed by atoms with Gasteiger partial charge in [-0.3, -0.25) is 4.90 Å². The van der Waals surface area contributed by atoms with Gasteiger partial charge in [-0.1, -0.05) is 42.5 Å². The smallest absolute Gasteiger partial charge is 0.327 e. The Morgan fingerprint density at radius 1 is 1.08 bits per heavy atom. The lowest BCUT2D eigenvalue weighted by atomic mass is 10.0. The average Bonchev–Trinajstić information content (AvgIpc) is 3.10. The van der Waals surface area contributed by atoms with E-state index in [1.165, 1.54) is 30.0 Å². The molecular weight excluding hydrogens is 326 g/mol. The van der Waals surface area contributed by atoms with Crippen LogP contribution in [0.4, 0.5) is 0 Å². The van der Waals surface area contributed by atoms with Crippen LogP contribution in [0.3, 0.4) is 0 Å². The van der Waals surface area contributed by atoms with Crippen molar-refractivity contribution in [3.05, 3.63) is 77.4 Å². The number of carboxylic acids is 1. The van der Waals surface area contributed by atoms with Gasteiger partial charge in [0.1, 0.15) is 5.75 Å². The number of likely N-dealkylation sites (tertiary alicyclic amines) is 1. The van der Waals surface area contributed by atoms with Gasteiger partial charge in [0.2, 0.25) is 0 Å². The van der Waals surface area contributed by atoms with Crippen LogP contribution in [0.15, 0.2) is 60.7 Å². The van der Waals surface area contributed by atoms with Crippen molar-refractivity contribution in [1.29, 1.82) is 0 Å². The van der Waals surface area contributed by atoms with Gasteiger partial charge in [-0.15, -0.1) is 0 Å². The fourth-order valence-electron chi connectivity index (χ4n) is 3.58. The number of aliphatic carboxylic acids is 1. The summed E-state index contributed by atoms with van der Waals surface area (Å²) >= 11 is 0. The summed E-state index contributed by atoms with van der Waals surface area (Å²) in [5.41, 5.74) is 3.70. The lowest BCUT2D eigenvalue weighted by molar-refractivity contribution is -0.131. The first-order chi connectivity index (χ1) is 12.6. The molecule has 26 heavy (non-hydrogen) atoms. The summed E-state index contributed by atoms with van der Waals surface area (Å²) in [6, 6.07) is 16.5. The number of aromatic hydroxyl groups is 1. The van der Waals surface area contributed by atoms with E-state index in [0.717, 1.165) is 25.1 Å². The minimum absolute atomic E-state index is 0.311. The third-order valence-electron chi connectivity index (χ3n) is 4.97. The number of allylic oxidation sites excluding steroid dienone is 1. The Labute approximate surface area is 154 Å². The third kappa shape index (κ3) is 4.96. The van der Waals surface area contributed by atoms with Gasteiger partial charge in [-0.05, 0) is 61.1 Å². The average molecular weight is 351 g/mol. The molecule has 4 heteroatoms. The molecule has 2 aromatic carbocycles. The molecule has 0 radical (unpaired) electrons. The molecule has 0 spiro atoms. The van der Waals surface area contributed by atoms with Gasteiger partial charge in [0.25, 0.3) is 0 Å². The van der Waals surface area contributed by atoms with E-state index in [0.29, 0.717) is 18.2 Å². The normalized spacial score (nSPS) is 17.8. The molecule has 1 fully saturated rings. The summed E-state index contributed by atoms with van der Waals surface area (Å²) in [4.78, 5) is 13.1. The summed E-state index contributed by atoms with van der Waals surface area (Å²) < 4.78 is 0. The van der Waals surface area contributed by atoms with Crippen LogP contribution in [0, 0.1) is 0 Å². The molecule has 1 atom stereocenters. The molecule has 2 aromatic rings. The van der Waals surface area contributed by atoms with Crippen molar-refractivity contribution in [2.24, 2.45) is 0 Å². The Kier molecular flexibility index (Phi) is 6.08. The van der Waals surface area contributed by atoms with Gasteiger partial charge in [0.05, 0.1) is 0 Å². The van der Waals surface area contributed by atoms with Gasteiger partial charge in [-0.25, -0.2) is 4.79 Å². The van der Waals surface area contributed by atoms with Crippen molar-refractivity contribution in [2.45, 2.75) is 31.7 Å². The van der Waals surface area contributed by atoms with E-state index in [1.54, 1.807) is 18.2 Å². The van der Waals surface area contributed by atoms with Crippen molar-refractivity contribution in [1.82, 2.24) is 4.90 Å². The topological polar surface area (TPSA) is 60.8 Å². The number of hydrogen-bond acceptors (Lipinski definition) is 3. The lowest BCUT2D eigenvalue weighted by Gasteiger charge is -2.25. The first-order valence-corrected chi connectivity index (χ1v) is 9.12. The fraction of sp³-hybridized carbons (Fsp3) is 0.318. The third-order valence-corrected chi connectivity index (χ3v) is 4.97. The summed E-state index contributed by atoms with van der Waals surface area (Å²) in [5, 5.41) is 18.0. The van der Waals surface area contributed by atoms with Crippen LogP contribution in [-0.4, -0.2) is 34.2 Å². The van der Waals surface area contributed by atoms with Gasteiger partial charge >= 0.3 is 5.97 Å². The van der Waals surface area contributed by atoms with Crippen LogP contribution in [-0.2, 0) is 17.6 Å². The standard InChI is InChI=1S/C22H25NO3/c24-20-12-8-18(9-13-20)14-16-23-15-2-4-21(23)19-10-6-17(7-11-19)3-1-5-22(25)26/h1,5-13,21,24H,2-4,14-16H2,(H,25,26)/b5-1+/t21-/m0/s1. The van der Waals surface area contributed by atoms with Crippen LogP contribution in [0.1, 0.15) is 35.6 Å². The first kappa shape index (κ1) is 18.2. The molecule has 0 aliphatic carbocycles. The zero-order valence-corrected chi connectivity index (χ0v) is 14.8. The van der Waals surface area contributed by atoms with Crippen LogP contribution in [0.2, 0.25) is 0 Å². The maximum absolute atomic E-state index is 10.5. The fourth-order valence-corrected chi connectivity index (χ4v) is 3.58. The second kappa shape index (κ2) is 8.68. The Hall–Kier alpha value is -2.59. The SMILES string of the molecule is O=C(O)/C=C/Cc1ccc([C@@H]2CCCN2CCc2ccc(O)cc2)cc1. The maximum Gasteiger partial charge on any atom is 0.327 e. The van der Waals surface area contributed by atoms with Crippen LogP contribution >= 0.6 is 0 Å². The highest BCUT2D eigenvalue weighted by molar-refractivity contribution is 5.79. The van der Waals surface area contributed by atoms with E-state index in [2.05, 4.69) is 29.2 Å². The highest BCUT2D eigenvalue weighted by Gasteiger charge is 2.25. The van der Waals surface area contributed by atoms with E-state index in [9.17, 15) is 9.90 Å². The molecule has 1 heterocycles. The molecule has 3 rings (SSSR count). The van der Waals surface area contributed by atoms with Gasteiger partial charge < -0.3 is 10.2 Å². The lowest BCUT2D eigenvalue weighted by Crippen LogP contribution is -2.25. The number of benzene rings is 2. The molecule has 2 N–H and O–H groups in total. The van der Waals surface area contributed by atoms with Crippen molar-refractivity contribution in [3.8, 4) is 5.75 Å². The minimum atomic E-state index is -0.906. The molecule has 4 nitrogen and oxygen atoms in total. The highest BCUT2D eigenvalue weighted by atomic mass is 16.4. The van der Waals surface area contributed by atoms with Crippen molar-refractivity contribution >= 4 is 5.97 Å². The van der Waals surface area contributed by atoms with Crippen LogP contribution in [0.25, 0.3) is 0 Å². The second-order valence-corrected chi connectivity index (χ2v) is 6.80. The van der Waals surface area contributed by atoms with Crippen LogP contribution in [0.5, 0.6) is 5.75 Å². The molecule has 0 unspecified atom stereocenters. The number of hydrogen-bond donors (Lipinski definition) is 2. The largest absolute Gasteiger partial charge is 0.508 e. The van der Waals surface area contributed by atoms with E-state index in [4.69, 9.17) is 5.11 Å². The number of rotatable bonds is 7. The Morgan fingerprint density at radius 3 is 2.46 bits per heavy atom. The van der Waals surface area contributed by atoms with Crippen molar-refractivity contribution in [2.75, 3.05) is 13.1 Å². The number of phenolic OH excluding ortho intramolecular Hbond substituents is 1. The zero-order chi connectivity index (χ0) is 18.4. The first-order valence-electron chi connectivity index (χ1n) is 9.12. The highest BCUT2D eigenvalue weighted by Crippen LogP contribution is 2.32. The molecule has 0 saturated carbocycles. The maximum atomic E-state index is 10.5. The predicted octanol–water partition coefficient (Wildman–Crippen LogP) is 3.96. The summed E-state index contributed by atoms with van der Waals surface area (Å²) in [6.07, 6.45) is 6.88. The molecule has 0 bridgehead atoms. The number of carboxylic acid groups (broad SMARTS) is 1. The van der Waals surface area contributed by atoms with Gasteiger partial charge in [-0.2, -0.15) is 0 Å². The number of nitrogens with zero attached hydrogens (tertiary/aromatic N) is 1. The zero-order valence-electron chi connectivity index (χ0n) is 14.8. The summed E-state index contributed by atoms with van der Waals surface area (Å²) in [6.45, 7) is 2.13. The minimum Gasteiger partial charge on any atom is -0.508 e. The molecule has 136 valence electrons.